The number of rotatable bonds is 6. The van der Waals surface area contributed by atoms with Gasteiger partial charge in [0, 0.05) is 31.4 Å². The van der Waals surface area contributed by atoms with Crippen molar-refractivity contribution in [1.82, 2.24) is 9.88 Å². The molecule has 1 rings (SSSR count). The summed E-state index contributed by atoms with van der Waals surface area (Å²) in [6.07, 6.45) is 5.26. The minimum Gasteiger partial charge on any atom is -0.388 e. The van der Waals surface area contributed by atoms with Crippen LogP contribution in [0.1, 0.15) is 18.9 Å². The summed E-state index contributed by atoms with van der Waals surface area (Å²) in [6.45, 7) is 3.06. The van der Waals surface area contributed by atoms with E-state index in [0.29, 0.717) is 12.5 Å². The second kappa shape index (κ2) is 6.23. The fraction of sp³-hybridized carbons (Fsp3) is 0.500. The fourth-order valence-corrected chi connectivity index (χ4v) is 1.55. The van der Waals surface area contributed by atoms with E-state index in [0.717, 1.165) is 13.0 Å². The van der Waals surface area contributed by atoms with E-state index in [4.69, 9.17) is 11.1 Å². The van der Waals surface area contributed by atoms with Gasteiger partial charge in [-0.2, -0.15) is 0 Å². The van der Waals surface area contributed by atoms with Gasteiger partial charge in [0.25, 0.3) is 0 Å². The average molecular weight is 220 g/mol. The van der Waals surface area contributed by atoms with Crippen LogP contribution < -0.4 is 5.73 Å². The van der Waals surface area contributed by atoms with Gasteiger partial charge < -0.3 is 10.6 Å². The van der Waals surface area contributed by atoms with Gasteiger partial charge in [0.1, 0.15) is 0 Å². The number of amidine groups is 1. The minimum absolute atomic E-state index is 0.253. The smallest absolute Gasteiger partial charge is 0.0920 e. The number of nitrogens with one attached hydrogen (secondary N) is 1. The van der Waals surface area contributed by atoms with Crippen LogP contribution in [0.5, 0.6) is 0 Å². The minimum atomic E-state index is 0.253. The van der Waals surface area contributed by atoms with Crippen molar-refractivity contribution >= 4 is 5.84 Å². The van der Waals surface area contributed by atoms with Gasteiger partial charge in [0.05, 0.1) is 5.84 Å². The first-order valence-electron chi connectivity index (χ1n) is 5.51. The number of hydrogen-bond acceptors (Lipinski definition) is 3. The number of pyridine rings is 1. The maximum atomic E-state index is 7.26. The highest BCUT2D eigenvalue weighted by Gasteiger charge is 2.09. The van der Waals surface area contributed by atoms with Gasteiger partial charge in [-0.25, -0.2) is 0 Å². The Morgan fingerprint density at radius 2 is 2.12 bits per heavy atom. The zero-order valence-corrected chi connectivity index (χ0v) is 9.98. The molecule has 0 radical (unpaired) electrons. The predicted molar refractivity (Wildman–Crippen MR) is 66.6 cm³/mol. The molecule has 0 aromatic carbocycles. The van der Waals surface area contributed by atoms with Crippen LogP contribution in [0.25, 0.3) is 0 Å². The van der Waals surface area contributed by atoms with E-state index in [1.54, 1.807) is 0 Å². The van der Waals surface area contributed by atoms with E-state index < -0.39 is 0 Å². The zero-order valence-electron chi connectivity index (χ0n) is 9.98. The first-order valence-corrected chi connectivity index (χ1v) is 5.51. The summed E-state index contributed by atoms with van der Waals surface area (Å²) in [7, 11) is 2.06. The molecule has 4 nitrogen and oxygen atoms in total. The lowest BCUT2D eigenvalue weighted by molar-refractivity contribution is 0.266. The largest absolute Gasteiger partial charge is 0.388 e. The first-order chi connectivity index (χ1) is 7.59. The Balaban J connectivity index is 2.35. The molecule has 0 spiro atoms. The third-order valence-electron chi connectivity index (χ3n) is 2.77. The molecule has 1 aromatic heterocycles. The van der Waals surface area contributed by atoms with Gasteiger partial charge in [-0.1, -0.05) is 0 Å². The van der Waals surface area contributed by atoms with Crippen molar-refractivity contribution < 1.29 is 0 Å². The Morgan fingerprint density at radius 1 is 1.50 bits per heavy atom. The van der Waals surface area contributed by atoms with Crippen LogP contribution in [0, 0.1) is 5.41 Å². The highest BCUT2D eigenvalue weighted by Crippen LogP contribution is 2.04. The van der Waals surface area contributed by atoms with Crippen LogP contribution in [0.4, 0.5) is 0 Å². The average Bonchev–Trinajstić information content (AvgIpc) is 2.26. The summed E-state index contributed by atoms with van der Waals surface area (Å²) in [4.78, 5) is 6.21. The molecule has 1 aromatic rings. The van der Waals surface area contributed by atoms with Gasteiger partial charge in [-0.15, -0.1) is 0 Å². The van der Waals surface area contributed by atoms with E-state index in [2.05, 4.69) is 23.9 Å². The third kappa shape index (κ3) is 4.40. The third-order valence-corrected chi connectivity index (χ3v) is 2.77. The molecule has 0 fully saturated rings. The molecule has 3 N–H and O–H groups in total. The topological polar surface area (TPSA) is 66.0 Å². The standard InChI is InChI=1S/C12H20N4/c1-10(9-12(13)14)16(2)8-5-11-3-6-15-7-4-11/h3-4,6-7,10H,5,8-9H2,1-2H3,(H3,13,14). The normalized spacial score (nSPS) is 12.7. The highest BCUT2D eigenvalue weighted by molar-refractivity contribution is 5.77. The Labute approximate surface area is 97.0 Å². The summed E-state index contributed by atoms with van der Waals surface area (Å²) in [6, 6.07) is 4.38. The van der Waals surface area contributed by atoms with Crippen LogP contribution in [0.2, 0.25) is 0 Å². The molecule has 0 saturated carbocycles. The molecule has 16 heavy (non-hydrogen) atoms. The molecule has 4 heteroatoms. The van der Waals surface area contributed by atoms with Crippen molar-refractivity contribution in [3.8, 4) is 0 Å². The maximum Gasteiger partial charge on any atom is 0.0920 e. The fourth-order valence-electron chi connectivity index (χ4n) is 1.55. The molecule has 0 amide bonds. The Hall–Kier alpha value is -1.42. The van der Waals surface area contributed by atoms with Crippen molar-refractivity contribution in [2.24, 2.45) is 5.73 Å². The molecule has 1 unspecified atom stereocenters. The number of nitrogens with zero attached hydrogens (tertiary/aromatic N) is 2. The number of nitrogens with two attached hydrogens (primary N) is 1. The van der Waals surface area contributed by atoms with Gasteiger partial charge >= 0.3 is 0 Å². The van der Waals surface area contributed by atoms with Crippen molar-refractivity contribution in [1.29, 1.82) is 5.41 Å². The van der Waals surface area contributed by atoms with Crippen LogP contribution in [-0.2, 0) is 6.42 Å². The molecule has 1 heterocycles. The van der Waals surface area contributed by atoms with E-state index in [1.807, 2.05) is 24.5 Å². The predicted octanol–water partition coefficient (Wildman–Crippen LogP) is 1.27. The summed E-state index contributed by atoms with van der Waals surface area (Å²) in [5.41, 5.74) is 6.68. The summed E-state index contributed by atoms with van der Waals surface area (Å²) < 4.78 is 0. The molecule has 88 valence electrons. The van der Waals surface area contributed by atoms with E-state index in [-0.39, 0.29) is 5.84 Å². The van der Waals surface area contributed by atoms with Crippen molar-refractivity contribution in [2.45, 2.75) is 25.8 Å². The lowest BCUT2D eigenvalue weighted by atomic mass is 10.1. The van der Waals surface area contributed by atoms with E-state index >= 15 is 0 Å². The summed E-state index contributed by atoms with van der Waals surface area (Å²) in [5, 5.41) is 7.26. The van der Waals surface area contributed by atoms with Gasteiger partial charge in [-0.05, 0) is 38.1 Å². The number of hydrogen-bond donors (Lipinski definition) is 2. The highest BCUT2D eigenvalue weighted by atomic mass is 15.1. The first kappa shape index (κ1) is 12.6. The van der Waals surface area contributed by atoms with Crippen LogP contribution in [-0.4, -0.2) is 35.4 Å². The molecular formula is C12H20N4. The van der Waals surface area contributed by atoms with E-state index in [9.17, 15) is 0 Å². The summed E-state index contributed by atoms with van der Waals surface area (Å²) in [5.74, 6) is 0.253. The summed E-state index contributed by atoms with van der Waals surface area (Å²) >= 11 is 0. The quantitative estimate of drug-likeness (QED) is 0.560. The molecule has 0 aliphatic carbocycles. The van der Waals surface area contributed by atoms with Gasteiger partial charge in [0.15, 0.2) is 0 Å². The maximum absolute atomic E-state index is 7.26. The van der Waals surface area contributed by atoms with Crippen molar-refractivity contribution in [3.05, 3.63) is 30.1 Å². The second-order valence-corrected chi connectivity index (χ2v) is 4.16. The van der Waals surface area contributed by atoms with Crippen molar-refractivity contribution in [2.75, 3.05) is 13.6 Å². The second-order valence-electron chi connectivity index (χ2n) is 4.16. The van der Waals surface area contributed by atoms with Gasteiger partial charge in [0.2, 0.25) is 0 Å². The molecular weight excluding hydrogens is 200 g/mol. The van der Waals surface area contributed by atoms with Crippen molar-refractivity contribution in [3.63, 3.8) is 0 Å². The Kier molecular flexibility index (Phi) is 4.92. The molecule has 0 saturated heterocycles. The van der Waals surface area contributed by atoms with E-state index in [1.165, 1.54) is 5.56 Å². The molecule has 0 bridgehead atoms. The monoisotopic (exact) mass is 220 g/mol. The Bertz CT molecular complexity index is 323. The number of aromatic nitrogens is 1. The number of likely N-dealkylation sites (N-methyl/N-ethyl adjacent to an activating group) is 1. The lowest BCUT2D eigenvalue weighted by Gasteiger charge is -2.24. The molecule has 0 aliphatic heterocycles. The lowest BCUT2D eigenvalue weighted by Crippen LogP contribution is -2.34. The zero-order chi connectivity index (χ0) is 12.0. The molecule has 0 aliphatic rings. The molecule has 1 atom stereocenters. The Morgan fingerprint density at radius 3 is 2.69 bits per heavy atom. The SMILES string of the molecule is CC(CC(=N)N)N(C)CCc1ccncc1. The van der Waals surface area contributed by atoms with Gasteiger partial charge in [-0.3, -0.25) is 10.4 Å². The van der Waals surface area contributed by atoms with Crippen LogP contribution in [0.3, 0.4) is 0 Å². The van der Waals surface area contributed by atoms with Crippen LogP contribution >= 0.6 is 0 Å². The van der Waals surface area contributed by atoms with Crippen LogP contribution in [0.15, 0.2) is 24.5 Å².